The maximum atomic E-state index is 14.0. The average molecular weight is 468 g/mol. The molecule has 0 saturated heterocycles. The first kappa shape index (κ1) is 21.9. The molecule has 0 radical (unpaired) electrons. The Balaban J connectivity index is 1.62. The fraction of sp³-hybridized carbons (Fsp3) is 0.107. The van der Waals surface area contributed by atoms with E-state index in [1.54, 1.807) is 40.4 Å². The molecular weight excluding hydrogens is 445 g/mol. The summed E-state index contributed by atoms with van der Waals surface area (Å²) in [5.41, 5.74) is 3.85. The normalized spacial score (nSPS) is 11.0. The highest BCUT2D eigenvalue weighted by Gasteiger charge is 2.19. The first-order valence-corrected chi connectivity index (χ1v) is 11.8. The minimum absolute atomic E-state index is 0.120. The number of aromatic nitrogens is 3. The van der Waals surface area contributed by atoms with Gasteiger partial charge in [0.15, 0.2) is 0 Å². The van der Waals surface area contributed by atoms with E-state index in [4.69, 9.17) is 4.98 Å². The number of pyridine rings is 1. The Bertz CT molecular complexity index is 1490. The molecule has 0 atom stereocenters. The van der Waals surface area contributed by atoms with Gasteiger partial charge in [-0.2, -0.15) is 0 Å². The van der Waals surface area contributed by atoms with Gasteiger partial charge in [-0.05, 0) is 60.9 Å². The van der Waals surface area contributed by atoms with E-state index in [9.17, 15) is 9.18 Å². The lowest BCUT2D eigenvalue weighted by Crippen LogP contribution is -2.26. The van der Waals surface area contributed by atoms with Crippen molar-refractivity contribution in [1.29, 1.82) is 0 Å². The Kier molecular flexibility index (Phi) is 6.14. The molecule has 3 aromatic heterocycles. The van der Waals surface area contributed by atoms with Gasteiger partial charge in [-0.25, -0.2) is 9.37 Å². The zero-order chi connectivity index (χ0) is 23.5. The van der Waals surface area contributed by atoms with Crippen molar-refractivity contribution in [2.75, 3.05) is 0 Å². The predicted octanol–water partition coefficient (Wildman–Crippen LogP) is 6.39. The topological polar surface area (TPSA) is 47.8 Å². The summed E-state index contributed by atoms with van der Waals surface area (Å²) in [6, 6.07) is 24.1. The van der Waals surface area contributed by atoms with Crippen LogP contribution < -0.4 is 5.56 Å². The van der Waals surface area contributed by atoms with Gasteiger partial charge >= 0.3 is 0 Å². The Morgan fingerprint density at radius 3 is 2.41 bits per heavy atom. The van der Waals surface area contributed by atoms with E-state index in [2.05, 4.69) is 4.98 Å². The first-order valence-electron chi connectivity index (χ1n) is 11.0. The molecule has 2 aromatic carbocycles. The van der Waals surface area contributed by atoms with Gasteiger partial charge in [0.1, 0.15) is 11.6 Å². The monoisotopic (exact) mass is 467 g/mol. The second-order valence-corrected chi connectivity index (χ2v) is 9.08. The van der Waals surface area contributed by atoms with Crippen LogP contribution in [0.4, 0.5) is 4.39 Å². The van der Waals surface area contributed by atoms with Crippen molar-refractivity contribution in [3.63, 3.8) is 0 Å². The highest BCUT2D eigenvalue weighted by Crippen LogP contribution is 2.34. The lowest BCUT2D eigenvalue weighted by molar-refractivity contribution is 0.626. The maximum Gasteiger partial charge on any atom is 0.262 e. The number of hydrogen-bond donors (Lipinski definition) is 0. The molecule has 3 heterocycles. The third-order valence-corrected chi connectivity index (χ3v) is 6.87. The smallest absolute Gasteiger partial charge is 0.262 e. The molecule has 0 N–H and O–H groups in total. The van der Waals surface area contributed by atoms with E-state index in [-0.39, 0.29) is 11.4 Å². The van der Waals surface area contributed by atoms with Gasteiger partial charge in [-0.3, -0.25) is 14.3 Å². The van der Waals surface area contributed by atoms with Crippen LogP contribution in [0, 0.1) is 12.7 Å². The first-order chi connectivity index (χ1) is 16.6. The fourth-order valence-electron chi connectivity index (χ4n) is 4.03. The van der Waals surface area contributed by atoms with Crippen molar-refractivity contribution in [2.45, 2.75) is 19.9 Å². The zero-order valence-corrected chi connectivity index (χ0v) is 19.4. The van der Waals surface area contributed by atoms with Crippen LogP contribution in [0.5, 0.6) is 0 Å². The minimum Gasteiger partial charge on any atom is -0.292 e. The van der Waals surface area contributed by atoms with Gasteiger partial charge in [0.25, 0.3) is 5.56 Å². The van der Waals surface area contributed by atoms with E-state index in [0.29, 0.717) is 35.6 Å². The zero-order valence-electron chi connectivity index (χ0n) is 18.6. The van der Waals surface area contributed by atoms with Gasteiger partial charge in [-0.15, -0.1) is 11.3 Å². The molecule has 0 aliphatic heterocycles. The standard InChI is InChI=1S/C28H22FN3OS/c1-19-26(25-11-10-24(34-25)21-12-15-30-16-13-21)28(33)32(17-14-20-6-3-2-4-7-20)27(31-19)22-8-5-9-23(29)18-22/h2-13,15-16,18H,14,17H2,1H3. The molecule has 0 aliphatic carbocycles. The van der Waals surface area contributed by atoms with Crippen LogP contribution in [0.25, 0.3) is 32.3 Å². The van der Waals surface area contributed by atoms with E-state index >= 15 is 0 Å². The predicted molar refractivity (Wildman–Crippen MR) is 135 cm³/mol. The maximum absolute atomic E-state index is 14.0. The number of hydrogen-bond acceptors (Lipinski definition) is 4. The minimum atomic E-state index is -0.358. The summed E-state index contributed by atoms with van der Waals surface area (Å²) in [4.78, 5) is 24.7. The fourth-order valence-corrected chi connectivity index (χ4v) is 5.13. The summed E-state index contributed by atoms with van der Waals surface area (Å²) in [7, 11) is 0. The van der Waals surface area contributed by atoms with Crippen molar-refractivity contribution in [3.8, 4) is 32.3 Å². The van der Waals surface area contributed by atoms with Gasteiger partial charge in [0, 0.05) is 34.3 Å². The Hall–Kier alpha value is -3.90. The molecular formula is C28H22FN3OS. The molecule has 0 unspecified atom stereocenters. The summed E-state index contributed by atoms with van der Waals surface area (Å²) in [5.74, 6) is 0.121. The number of thiophene rings is 1. The van der Waals surface area contributed by atoms with E-state index in [1.807, 2.05) is 61.5 Å². The number of nitrogens with zero attached hydrogens (tertiary/aromatic N) is 3. The van der Waals surface area contributed by atoms with Crippen LogP contribution in [-0.2, 0) is 13.0 Å². The molecule has 0 fully saturated rings. The van der Waals surface area contributed by atoms with Crippen LogP contribution in [0.2, 0.25) is 0 Å². The third-order valence-electron chi connectivity index (χ3n) is 5.72. The lowest BCUT2D eigenvalue weighted by atomic mass is 10.1. The molecule has 0 bridgehead atoms. The molecule has 5 aromatic rings. The number of rotatable bonds is 6. The summed E-state index contributed by atoms with van der Waals surface area (Å²) in [5, 5.41) is 0. The van der Waals surface area contributed by atoms with Gasteiger partial charge in [-0.1, -0.05) is 42.5 Å². The van der Waals surface area contributed by atoms with Gasteiger partial charge < -0.3 is 0 Å². The average Bonchev–Trinajstić information content (AvgIpc) is 3.34. The van der Waals surface area contributed by atoms with Crippen molar-refractivity contribution in [3.05, 3.63) is 119 Å². The molecule has 168 valence electrons. The summed E-state index contributed by atoms with van der Waals surface area (Å²) in [6.07, 6.45) is 4.18. The Labute approximate surface area is 201 Å². The largest absolute Gasteiger partial charge is 0.292 e. The second kappa shape index (κ2) is 9.53. The summed E-state index contributed by atoms with van der Waals surface area (Å²) < 4.78 is 15.7. The second-order valence-electron chi connectivity index (χ2n) is 8.00. The van der Waals surface area contributed by atoms with Crippen LogP contribution in [0.15, 0.2) is 96.1 Å². The quantitative estimate of drug-likeness (QED) is 0.291. The van der Waals surface area contributed by atoms with Gasteiger partial charge in [0.2, 0.25) is 0 Å². The van der Waals surface area contributed by atoms with Crippen LogP contribution in [0.1, 0.15) is 11.3 Å². The lowest BCUT2D eigenvalue weighted by Gasteiger charge is -2.16. The van der Waals surface area contributed by atoms with Crippen LogP contribution >= 0.6 is 11.3 Å². The van der Waals surface area contributed by atoms with Crippen molar-refractivity contribution < 1.29 is 4.39 Å². The van der Waals surface area contributed by atoms with Crippen molar-refractivity contribution in [1.82, 2.24) is 14.5 Å². The van der Waals surface area contributed by atoms with Crippen LogP contribution in [-0.4, -0.2) is 14.5 Å². The molecule has 6 heteroatoms. The van der Waals surface area contributed by atoms with Crippen molar-refractivity contribution >= 4 is 11.3 Å². The third kappa shape index (κ3) is 4.45. The van der Waals surface area contributed by atoms with Crippen LogP contribution in [0.3, 0.4) is 0 Å². The Morgan fingerprint density at radius 2 is 1.65 bits per heavy atom. The highest BCUT2D eigenvalue weighted by atomic mass is 32.1. The molecule has 0 saturated carbocycles. The molecule has 34 heavy (non-hydrogen) atoms. The molecule has 0 spiro atoms. The van der Waals surface area contributed by atoms with Gasteiger partial charge in [0.05, 0.1) is 11.3 Å². The molecule has 0 amide bonds. The van der Waals surface area contributed by atoms with E-state index < -0.39 is 0 Å². The molecule has 4 nitrogen and oxygen atoms in total. The SMILES string of the molecule is Cc1nc(-c2cccc(F)c2)n(CCc2ccccc2)c(=O)c1-c1ccc(-c2ccncc2)s1. The Morgan fingerprint density at radius 1 is 0.882 bits per heavy atom. The van der Waals surface area contributed by atoms with Crippen molar-refractivity contribution in [2.24, 2.45) is 0 Å². The number of halogens is 1. The summed E-state index contributed by atoms with van der Waals surface area (Å²) in [6.45, 7) is 2.28. The number of benzene rings is 2. The number of aryl methyl sites for hydroxylation is 2. The van der Waals surface area contributed by atoms with E-state index in [0.717, 1.165) is 20.9 Å². The highest BCUT2D eigenvalue weighted by molar-refractivity contribution is 7.18. The summed E-state index contributed by atoms with van der Waals surface area (Å²) >= 11 is 1.55. The van der Waals surface area contributed by atoms with E-state index in [1.165, 1.54) is 12.1 Å². The molecule has 0 aliphatic rings. The molecule has 5 rings (SSSR count).